The molecular formula is C12H11N3O4S. The number of amides is 1. The summed E-state index contributed by atoms with van der Waals surface area (Å²) in [7, 11) is 0. The number of phenolic OH excluding ortho intramolecular Hbond substituents is 1. The normalized spacial score (nSPS) is 11.8. The molecular weight excluding hydrogens is 282 g/mol. The number of carbonyl (C=O) groups excluding carboxylic acids is 1. The summed E-state index contributed by atoms with van der Waals surface area (Å²) >= 11 is 0.894. The third-order valence-corrected chi connectivity index (χ3v) is 3.23. The van der Waals surface area contributed by atoms with Crippen LogP contribution in [0.4, 0.5) is 0 Å². The number of nitrogens with zero attached hydrogens (tertiary/aromatic N) is 2. The minimum atomic E-state index is -1.14. The van der Waals surface area contributed by atoms with E-state index < -0.39 is 17.9 Å². The molecule has 0 saturated carbocycles. The van der Waals surface area contributed by atoms with Crippen LogP contribution in [0.2, 0.25) is 0 Å². The highest BCUT2D eigenvalue weighted by Gasteiger charge is 2.22. The monoisotopic (exact) mass is 293 g/mol. The minimum Gasteiger partial charge on any atom is -0.508 e. The predicted octanol–water partition coefficient (Wildman–Crippen LogP) is 0.669. The molecule has 1 heterocycles. The molecule has 1 aromatic carbocycles. The van der Waals surface area contributed by atoms with Crippen LogP contribution in [0.25, 0.3) is 0 Å². The molecule has 0 aliphatic carbocycles. The Morgan fingerprint density at radius 1 is 1.30 bits per heavy atom. The summed E-state index contributed by atoms with van der Waals surface area (Å²) in [5.74, 6) is -1.56. The standard InChI is InChI=1S/C12H11N3O4S/c16-8-3-1-7(2-4-8)5-9(12(18)19)14-11(17)10-6-13-15-20-10/h1-4,6,9,16H,5H2,(H,14,17)(H,18,19). The molecule has 3 N–H and O–H groups in total. The third kappa shape index (κ3) is 3.51. The number of carboxylic acids is 1. The Morgan fingerprint density at radius 3 is 2.55 bits per heavy atom. The molecule has 20 heavy (non-hydrogen) atoms. The van der Waals surface area contributed by atoms with E-state index in [9.17, 15) is 14.7 Å². The van der Waals surface area contributed by atoms with E-state index in [0.29, 0.717) is 5.56 Å². The second-order valence-corrected chi connectivity index (χ2v) is 4.80. The molecule has 0 aliphatic rings. The lowest BCUT2D eigenvalue weighted by Gasteiger charge is -2.13. The number of aromatic hydroxyl groups is 1. The number of carboxylic acid groups (broad SMARTS) is 1. The number of phenols is 1. The number of nitrogens with one attached hydrogen (secondary N) is 1. The Kier molecular flexibility index (Phi) is 4.26. The Labute approximate surface area is 118 Å². The summed E-state index contributed by atoms with van der Waals surface area (Å²) in [6.07, 6.45) is 1.40. The summed E-state index contributed by atoms with van der Waals surface area (Å²) in [5, 5.41) is 24.2. The van der Waals surface area contributed by atoms with E-state index in [1.165, 1.54) is 18.3 Å². The van der Waals surface area contributed by atoms with Gasteiger partial charge in [0.05, 0.1) is 6.20 Å². The number of hydrogen-bond donors (Lipinski definition) is 3. The van der Waals surface area contributed by atoms with E-state index in [1.807, 2.05) is 0 Å². The van der Waals surface area contributed by atoms with Crippen LogP contribution in [-0.2, 0) is 11.2 Å². The van der Waals surface area contributed by atoms with Crippen LogP contribution in [0.5, 0.6) is 5.75 Å². The molecule has 7 nitrogen and oxygen atoms in total. The SMILES string of the molecule is O=C(NC(Cc1ccc(O)cc1)C(=O)O)c1cnns1. The topological polar surface area (TPSA) is 112 Å². The van der Waals surface area contributed by atoms with E-state index >= 15 is 0 Å². The van der Waals surface area contributed by atoms with Crippen molar-refractivity contribution in [1.82, 2.24) is 14.9 Å². The Balaban J connectivity index is 2.06. The molecule has 1 unspecified atom stereocenters. The maximum atomic E-state index is 11.8. The number of carbonyl (C=O) groups is 2. The van der Waals surface area contributed by atoms with Gasteiger partial charge in [0.1, 0.15) is 16.7 Å². The van der Waals surface area contributed by atoms with Crippen molar-refractivity contribution < 1.29 is 19.8 Å². The van der Waals surface area contributed by atoms with Gasteiger partial charge in [-0.2, -0.15) is 0 Å². The fourth-order valence-corrected chi connectivity index (χ4v) is 1.98. The number of hydrogen-bond acceptors (Lipinski definition) is 6. The fraction of sp³-hybridized carbons (Fsp3) is 0.167. The molecule has 0 saturated heterocycles. The predicted molar refractivity (Wildman–Crippen MR) is 70.6 cm³/mol. The largest absolute Gasteiger partial charge is 0.508 e. The van der Waals surface area contributed by atoms with Crippen molar-refractivity contribution in [3.05, 3.63) is 40.9 Å². The first kappa shape index (κ1) is 13.9. The zero-order valence-electron chi connectivity index (χ0n) is 10.2. The number of aliphatic carboxylic acids is 1. The van der Waals surface area contributed by atoms with Gasteiger partial charge in [-0.25, -0.2) is 4.79 Å². The Morgan fingerprint density at radius 2 is 2.00 bits per heavy atom. The van der Waals surface area contributed by atoms with Gasteiger partial charge in [0, 0.05) is 6.42 Å². The van der Waals surface area contributed by atoms with Gasteiger partial charge in [-0.05, 0) is 29.2 Å². The van der Waals surface area contributed by atoms with Gasteiger partial charge in [0.25, 0.3) is 5.91 Å². The zero-order valence-corrected chi connectivity index (χ0v) is 11.0. The lowest BCUT2D eigenvalue weighted by atomic mass is 10.1. The van der Waals surface area contributed by atoms with Gasteiger partial charge in [0.2, 0.25) is 0 Å². The Hall–Kier alpha value is -2.48. The van der Waals surface area contributed by atoms with Gasteiger partial charge in [-0.1, -0.05) is 16.6 Å². The van der Waals surface area contributed by atoms with Crippen LogP contribution in [0, 0.1) is 0 Å². The van der Waals surface area contributed by atoms with Crippen LogP contribution in [0.3, 0.4) is 0 Å². The van der Waals surface area contributed by atoms with E-state index in [2.05, 4.69) is 14.9 Å². The third-order valence-electron chi connectivity index (χ3n) is 2.56. The van der Waals surface area contributed by atoms with Gasteiger partial charge >= 0.3 is 5.97 Å². The van der Waals surface area contributed by atoms with E-state index in [4.69, 9.17) is 5.11 Å². The first-order valence-electron chi connectivity index (χ1n) is 5.65. The van der Waals surface area contributed by atoms with Crippen LogP contribution in [0.1, 0.15) is 15.2 Å². The van der Waals surface area contributed by atoms with Crippen LogP contribution >= 0.6 is 11.5 Å². The maximum Gasteiger partial charge on any atom is 0.326 e. The summed E-state index contributed by atoms with van der Waals surface area (Å²) < 4.78 is 3.54. The van der Waals surface area contributed by atoms with Gasteiger partial charge < -0.3 is 15.5 Å². The molecule has 0 spiro atoms. The molecule has 104 valence electrons. The van der Waals surface area contributed by atoms with Gasteiger partial charge in [0.15, 0.2) is 0 Å². The molecule has 0 fully saturated rings. The average Bonchev–Trinajstić information content (AvgIpc) is 2.94. The maximum absolute atomic E-state index is 11.8. The zero-order chi connectivity index (χ0) is 14.5. The average molecular weight is 293 g/mol. The molecule has 0 radical (unpaired) electrons. The van der Waals surface area contributed by atoms with Crippen LogP contribution in [-0.4, -0.2) is 37.7 Å². The molecule has 0 bridgehead atoms. The second kappa shape index (κ2) is 6.11. The molecule has 1 aromatic heterocycles. The molecule has 1 amide bonds. The van der Waals surface area contributed by atoms with Gasteiger partial charge in [-0.3, -0.25) is 4.79 Å². The van der Waals surface area contributed by atoms with Crippen LogP contribution in [0.15, 0.2) is 30.5 Å². The smallest absolute Gasteiger partial charge is 0.326 e. The molecule has 1 atom stereocenters. The fourth-order valence-electron chi connectivity index (χ4n) is 1.56. The van der Waals surface area contributed by atoms with Gasteiger partial charge in [-0.15, -0.1) is 5.10 Å². The van der Waals surface area contributed by atoms with Crippen molar-refractivity contribution >= 4 is 23.4 Å². The first-order chi connectivity index (χ1) is 9.56. The molecule has 8 heteroatoms. The number of aromatic nitrogens is 2. The summed E-state index contributed by atoms with van der Waals surface area (Å²) in [4.78, 5) is 23.2. The highest BCUT2D eigenvalue weighted by Crippen LogP contribution is 2.12. The van der Waals surface area contributed by atoms with Crippen molar-refractivity contribution in [2.45, 2.75) is 12.5 Å². The van der Waals surface area contributed by atoms with Crippen molar-refractivity contribution in [1.29, 1.82) is 0 Å². The first-order valence-corrected chi connectivity index (χ1v) is 6.42. The molecule has 2 aromatic rings. The quantitative estimate of drug-likeness (QED) is 0.747. The van der Waals surface area contributed by atoms with Crippen LogP contribution < -0.4 is 5.32 Å². The van der Waals surface area contributed by atoms with E-state index in [-0.39, 0.29) is 17.0 Å². The van der Waals surface area contributed by atoms with Crippen molar-refractivity contribution in [3.63, 3.8) is 0 Å². The second-order valence-electron chi connectivity index (χ2n) is 4.02. The summed E-state index contributed by atoms with van der Waals surface area (Å²) in [5.41, 5.74) is 0.693. The number of benzene rings is 1. The van der Waals surface area contributed by atoms with Crippen molar-refractivity contribution in [3.8, 4) is 5.75 Å². The lowest BCUT2D eigenvalue weighted by Crippen LogP contribution is -2.42. The van der Waals surface area contributed by atoms with Crippen molar-refractivity contribution in [2.75, 3.05) is 0 Å². The highest BCUT2D eigenvalue weighted by molar-refractivity contribution is 7.07. The van der Waals surface area contributed by atoms with Crippen molar-refractivity contribution in [2.24, 2.45) is 0 Å². The highest BCUT2D eigenvalue weighted by atomic mass is 32.1. The molecule has 2 rings (SSSR count). The summed E-state index contributed by atoms with van der Waals surface area (Å²) in [6.45, 7) is 0. The van der Waals surface area contributed by atoms with E-state index in [1.54, 1.807) is 12.1 Å². The Bertz CT molecular complexity index is 598. The summed E-state index contributed by atoms with van der Waals surface area (Å²) in [6, 6.07) is 5.07. The number of rotatable bonds is 5. The lowest BCUT2D eigenvalue weighted by molar-refractivity contribution is -0.139. The van der Waals surface area contributed by atoms with E-state index in [0.717, 1.165) is 11.5 Å². The minimum absolute atomic E-state index is 0.0976. The molecule has 0 aliphatic heterocycles.